The molecule has 2 aromatic rings. The molecule has 1 atom stereocenters. The number of hydrogen-bond acceptors (Lipinski definition) is 4. The summed E-state index contributed by atoms with van der Waals surface area (Å²) in [6.45, 7) is 3.80. The molecule has 1 amide bonds. The SMILES string of the molecule is COc1ccc(S(=O)(=O)N2CC[NH+]([C@@H](C)C(=O)Nc3ccccc3)CC2)cc1. The summed E-state index contributed by atoms with van der Waals surface area (Å²) in [6, 6.07) is 15.5. The van der Waals surface area contributed by atoms with Crippen molar-refractivity contribution in [1.82, 2.24) is 4.31 Å². The van der Waals surface area contributed by atoms with Crippen molar-refractivity contribution in [3.05, 3.63) is 54.6 Å². The molecular weight excluding hydrogens is 378 g/mol. The molecular formula is C20H26N3O4S+. The van der Waals surface area contributed by atoms with Gasteiger partial charge in [-0.1, -0.05) is 18.2 Å². The number of methoxy groups -OCH3 is 1. The van der Waals surface area contributed by atoms with E-state index >= 15 is 0 Å². The Labute approximate surface area is 166 Å². The van der Waals surface area contributed by atoms with Gasteiger partial charge in [-0.15, -0.1) is 0 Å². The first-order chi connectivity index (χ1) is 13.4. The molecule has 1 heterocycles. The Morgan fingerprint density at radius 3 is 2.25 bits per heavy atom. The van der Waals surface area contributed by atoms with E-state index in [2.05, 4.69) is 5.32 Å². The molecule has 0 radical (unpaired) electrons. The average Bonchev–Trinajstić information content (AvgIpc) is 2.74. The van der Waals surface area contributed by atoms with Crippen LogP contribution < -0.4 is 15.0 Å². The van der Waals surface area contributed by atoms with E-state index in [0.29, 0.717) is 31.9 Å². The van der Waals surface area contributed by atoms with Crippen molar-refractivity contribution in [2.75, 3.05) is 38.6 Å². The van der Waals surface area contributed by atoms with Gasteiger partial charge in [-0.05, 0) is 43.3 Å². The van der Waals surface area contributed by atoms with Crippen LogP contribution in [0, 0.1) is 0 Å². The normalized spacial score (nSPS) is 17.1. The van der Waals surface area contributed by atoms with Gasteiger partial charge in [0.05, 0.1) is 38.2 Å². The Balaban J connectivity index is 1.59. The van der Waals surface area contributed by atoms with Crippen molar-refractivity contribution < 1.29 is 22.8 Å². The summed E-state index contributed by atoms with van der Waals surface area (Å²) in [5.41, 5.74) is 0.763. The average molecular weight is 405 g/mol. The fourth-order valence-corrected chi connectivity index (χ4v) is 4.74. The van der Waals surface area contributed by atoms with Gasteiger partial charge < -0.3 is 15.0 Å². The standard InChI is InChI=1S/C20H25N3O4S/c1-16(20(24)21-17-6-4-3-5-7-17)22-12-14-23(15-13-22)28(25,26)19-10-8-18(27-2)9-11-19/h3-11,16H,12-15H2,1-2H3,(H,21,24)/p+1/t16-/m0/s1. The van der Waals surface area contributed by atoms with Crippen LogP contribution in [-0.4, -0.2) is 58.0 Å². The number of nitrogens with zero attached hydrogens (tertiary/aromatic N) is 1. The van der Waals surface area contributed by atoms with Crippen molar-refractivity contribution >= 4 is 21.6 Å². The first-order valence-electron chi connectivity index (χ1n) is 9.26. The fourth-order valence-electron chi connectivity index (χ4n) is 3.30. The van der Waals surface area contributed by atoms with Crippen molar-refractivity contribution in [2.45, 2.75) is 17.9 Å². The number of piperazine rings is 1. The summed E-state index contributed by atoms with van der Waals surface area (Å²) in [6.07, 6.45) is 0. The number of para-hydroxylation sites is 1. The minimum absolute atomic E-state index is 0.0624. The highest BCUT2D eigenvalue weighted by molar-refractivity contribution is 7.89. The molecule has 1 aliphatic heterocycles. The van der Waals surface area contributed by atoms with E-state index in [-0.39, 0.29) is 16.8 Å². The molecule has 8 heteroatoms. The number of amides is 1. The van der Waals surface area contributed by atoms with Crippen LogP contribution in [0.4, 0.5) is 5.69 Å². The second kappa shape index (κ2) is 8.72. The Hall–Kier alpha value is -2.42. The van der Waals surface area contributed by atoms with E-state index in [0.717, 1.165) is 10.6 Å². The Kier molecular flexibility index (Phi) is 6.33. The largest absolute Gasteiger partial charge is 0.497 e. The quantitative estimate of drug-likeness (QED) is 0.740. The lowest BCUT2D eigenvalue weighted by Crippen LogP contribution is -3.19. The lowest BCUT2D eigenvalue weighted by molar-refractivity contribution is -0.917. The van der Waals surface area contributed by atoms with E-state index in [4.69, 9.17) is 4.74 Å². The van der Waals surface area contributed by atoms with Crippen LogP contribution in [-0.2, 0) is 14.8 Å². The Bertz CT molecular complexity index is 893. The molecule has 0 spiro atoms. The van der Waals surface area contributed by atoms with Crippen LogP contribution in [0.3, 0.4) is 0 Å². The van der Waals surface area contributed by atoms with Crippen molar-refractivity contribution in [3.63, 3.8) is 0 Å². The number of benzene rings is 2. The third kappa shape index (κ3) is 4.52. The van der Waals surface area contributed by atoms with Gasteiger partial charge in [-0.3, -0.25) is 4.79 Å². The number of rotatable bonds is 6. The number of hydrogen-bond donors (Lipinski definition) is 2. The molecule has 0 aromatic heterocycles. The van der Waals surface area contributed by atoms with Crippen LogP contribution in [0.2, 0.25) is 0 Å². The second-order valence-electron chi connectivity index (χ2n) is 6.81. The summed E-state index contributed by atoms with van der Waals surface area (Å²) >= 11 is 0. The molecule has 1 aliphatic rings. The number of ether oxygens (including phenoxy) is 1. The van der Waals surface area contributed by atoms with E-state index in [1.807, 2.05) is 37.3 Å². The first-order valence-corrected chi connectivity index (χ1v) is 10.7. The van der Waals surface area contributed by atoms with Gasteiger partial charge in [0.25, 0.3) is 5.91 Å². The van der Waals surface area contributed by atoms with Crippen LogP contribution >= 0.6 is 0 Å². The lowest BCUT2D eigenvalue weighted by Gasteiger charge is -2.34. The molecule has 150 valence electrons. The highest BCUT2D eigenvalue weighted by Crippen LogP contribution is 2.19. The summed E-state index contributed by atoms with van der Waals surface area (Å²) in [4.78, 5) is 13.8. The highest BCUT2D eigenvalue weighted by Gasteiger charge is 2.34. The Morgan fingerprint density at radius 2 is 1.68 bits per heavy atom. The maximum absolute atomic E-state index is 12.8. The van der Waals surface area contributed by atoms with Crippen LogP contribution in [0.1, 0.15) is 6.92 Å². The number of nitrogens with one attached hydrogen (secondary N) is 2. The molecule has 2 N–H and O–H groups in total. The van der Waals surface area contributed by atoms with Crippen molar-refractivity contribution in [1.29, 1.82) is 0 Å². The summed E-state index contributed by atoms with van der Waals surface area (Å²) in [7, 11) is -2.00. The van der Waals surface area contributed by atoms with Gasteiger partial charge in [0, 0.05) is 5.69 Å². The molecule has 28 heavy (non-hydrogen) atoms. The van der Waals surface area contributed by atoms with E-state index in [9.17, 15) is 13.2 Å². The number of sulfonamides is 1. The maximum Gasteiger partial charge on any atom is 0.282 e. The predicted molar refractivity (Wildman–Crippen MR) is 107 cm³/mol. The predicted octanol–water partition coefficient (Wildman–Crippen LogP) is 0.612. The first kappa shape index (κ1) is 20.3. The van der Waals surface area contributed by atoms with Crippen LogP contribution in [0.5, 0.6) is 5.75 Å². The van der Waals surface area contributed by atoms with Crippen molar-refractivity contribution in [2.24, 2.45) is 0 Å². The monoisotopic (exact) mass is 404 g/mol. The third-order valence-corrected chi connectivity index (χ3v) is 7.02. The molecule has 1 fully saturated rings. The molecule has 0 aliphatic carbocycles. The molecule has 3 rings (SSSR count). The summed E-state index contributed by atoms with van der Waals surface area (Å²) < 4.78 is 32.2. The second-order valence-corrected chi connectivity index (χ2v) is 8.75. The zero-order valence-corrected chi connectivity index (χ0v) is 16.9. The lowest BCUT2D eigenvalue weighted by atomic mass is 10.2. The summed E-state index contributed by atoms with van der Waals surface area (Å²) in [5.74, 6) is 0.555. The number of carbonyl (C=O) groups excluding carboxylic acids is 1. The summed E-state index contributed by atoms with van der Waals surface area (Å²) in [5, 5.41) is 2.91. The van der Waals surface area contributed by atoms with Crippen molar-refractivity contribution in [3.8, 4) is 5.75 Å². The minimum Gasteiger partial charge on any atom is -0.497 e. The van der Waals surface area contributed by atoms with Gasteiger partial charge in [0.2, 0.25) is 10.0 Å². The van der Waals surface area contributed by atoms with Gasteiger partial charge in [-0.2, -0.15) is 4.31 Å². The van der Waals surface area contributed by atoms with Gasteiger partial charge in [0.1, 0.15) is 5.75 Å². The molecule has 2 aromatic carbocycles. The Morgan fingerprint density at radius 1 is 1.07 bits per heavy atom. The molecule has 1 saturated heterocycles. The molecule has 0 bridgehead atoms. The molecule has 0 unspecified atom stereocenters. The van der Waals surface area contributed by atoms with E-state index < -0.39 is 10.0 Å². The molecule has 0 saturated carbocycles. The van der Waals surface area contributed by atoms with Gasteiger partial charge in [0.15, 0.2) is 6.04 Å². The van der Waals surface area contributed by atoms with E-state index in [1.54, 1.807) is 31.4 Å². The smallest absolute Gasteiger partial charge is 0.282 e. The number of anilines is 1. The van der Waals surface area contributed by atoms with E-state index in [1.165, 1.54) is 4.31 Å². The maximum atomic E-state index is 12.8. The van der Waals surface area contributed by atoms with Gasteiger partial charge in [-0.25, -0.2) is 8.42 Å². The number of carbonyl (C=O) groups is 1. The number of quaternary nitrogens is 1. The minimum atomic E-state index is -3.54. The third-order valence-electron chi connectivity index (χ3n) is 5.11. The highest BCUT2D eigenvalue weighted by atomic mass is 32.2. The zero-order valence-electron chi connectivity index (χ0n) is 16.1. The topological polar surface area (TPSA) is 80.2 Å². The van der Waals surface area contributed by atoms with Gasteiger partial charge >= 0.3 is 0 Å². The van der Waals surface area contributed by atoms with Crippen LogP contribution in [0.25, 0.3) is 0 Å². The zero-order chi connectivity index (χ0) is 20.1. The van der Waals surface area contributed by atoms with Crippen LogP contribution in [0.15, 0.2) is 59.5 Å². The molecule has 7 nitrogen and oxygen atoms in total. The fraction of sp³-hybridized carbons (Fsp3) is 0.350.